The second kappa shape index (κ2) is 4.94. The number of benzene rings is 1. The summed E-state index contributed by atoms with van der Waals surface area (Å²) in [5.74, 6) is 1.54. The molecule has 2 N–H and O–H groups in total. The standard InChI is InChI=1S/C11H13N3OS/c1-2-7-15-9-5-3-8(4-6-9)10-13-11(12)16-14-10/h3-6H,2,7H2,1H3,(H2,12,13,14). The third kappa shape index (κ3) is 2.49. The Hall–Kier alpha value is -1.62. The molecule has 0 aliphatic rings. The molecule has 0 aliphatic heterocycles. The number of ether oxygens (including phenoxy) is 1. The summed E-state index contributed by atoms with van der Waals surface area (Å²) < 4.78 is 9.63. The maximum Gasteiger partial charge on any atom is 0.200 e. The Morgan fingerprint density at radius 3 is 2.62 bits per heavy atom. The molecule has 1 aromatic carbocycles. The molecule has 0 aliphatic carbocycles. The van der Waals surface area contributed by atoms with Crippen molar-refractivity contribution in [3.8, 4) is 17.1 Å². The van der Waals surface area contributed by atoms with E-state index in [1.54, 1.807) is 0 Å². The van der Waals surface area contributed by atoms with Gasteiger partial charge in [0, 0.05) is 17.1 Å². The zero-order valence-electron chi connectivity index (χ0n) is 9.01. The number of rotatable bonds is 4. The lowest BCUT2D eigenvalue weighted by molar-refractivity contribution is 0.317. The van der Waals surface area contributed by atoms with E-state index >= 15 is 0 Å². The van der Waals surface area contributed by atoms with E-state index < -0.39 is 0 Å². The van der Waals surface area contributed by atoms with Gasteiger partial charge >= 0.3 is 0 Å². The van der Waals surface area contributed by atoms with Crippen molar-refractivity contribution >= 4 is 16.7 Å². The van der Waals surface area contributed by atoms with Gasteiger partial charge < -0.3 is 10.5 Å². The number of hydrogen-bond donors (Lipinski definition) is 1. The molecule has 0 unspecified atom stereocenters. The smallest absolute Gasteiger partial charge is 0.200 e. The minimum absolute atomic E-state index is 0.487. The first kappa shape index (κ1) is 10.9. The molecule has 0 amide bonds. The van der Waals surface area contributed by atoms with Crippen LogP contribution in [-0.4, -0.2) is 16.0 Å². The van der Waals surface area contributed by atoms with Gasteiger partial charge in [-0.1, -0.05) is 6.92 Å². The van der Waals surface area contributed by atoms with E-state index in [1.807, 2.05) is 24.3 Å². The van der Waals surface area contributed by atoms with E-state index in [4.69, 9.17) is 10.5 Å². The maximum absolute atomic E-state index is 5.53. The lowest BCUT2D eigenvalue weighted by Crippen LogP contribution is -1.94. The van der Waals surface area contributed by atoms with Gasteiger partial charge in [0.05, 0.1) is 6.61 Å². The van der Waals surface area contributed by atoms with Gasteiger partial charge in [0.15, 0.2) is 11.0 Å². The van der Waals surface area contributed by atoms with Crippen molar-refractivity contribution in [2.45, 2.75) is 13.3 Å². The molecule has 84 valence electrons. The van der Waals surface area contributed by atoms with Crippen LogP contribution < -0.4 is 10.5 Å². The van der Waals surface area contributed by atoms with Crippen LogP contribution in [0.2, 0.25) is 0 Å². The quantitative estimate of drug-likeness (QED) is 0.884. The van der Waals surface area contributed by atoms with Gasteiger partial charge in [-0.2, -0.15) is 9.36 Å². The predicted molar refractivity (Wildman–Crippen MR) is 65.5 cm³/mol. The first-order valence-corrected chi connectivity index (χ1v) is 5.89. The fourth-order valence-corrected chi connectivity index (χ4v) is 1.73. The molecule has 2 aromatic rings. The van der Waals surface area contributed by atoms with Crippen molar-refractivity contribution in [2.24, 2.45) is 0 Å². The Morgan fingerprint density at radius 1 is 1.31 bits per heavy atom. The van der Waals surface area contributed by atoms with E-state index in [2.05, 4.69) is 16.3 Å². The van der Waals surface area contributed by atoms with E-state index in [1.165, 1.54) is 11.5 Å². The van der Waals surface area contributed by atoms with E-state index in [0.29, 0.717) is 11.0 Å². The summed E-state index contributed by atoms with van der Waals surface area (Å²) in [6.45, 7) is 2.82. The van der Waals surface area contributed by atoms with Gasteiger partial charge in [-0.05, 0) is 30.7 Å². The van der Waals surface area contributed by atoms with Crippen molar-refractivity contribution in [1.29, 1.82) is 0 Å². The van der Waals surface area contributed by atoms with Crippen LogP contribution in [0.1, 0.15) is 13.3 Å². The summed E-state index contributed by atoms with van der Waals surface area (Å²) in [7, 11) is 0. The Balaban J connectivity index is 2.13. The highest BCUT2D eigenvalue weighted by molar-refractivity contribution is 7.09. The van der Waals surface area contributed by atoms with Crippen LogP contribution in [0.15, 0.2) is 24.3 Å². The minimum atomic E-state index is 0.487. The van der Waals surface area contributed by atoms with Crippen LogP contribution in [0.5, 0.6) is 5.75 Å². The summed E-state index contributed by atoms with van der Waals surface area (Å²) in [6.07, 6.45) is 1.01. The summed E-state index contributed by atoms with van der Waals surface area (Å²) >= 11 is 1.20. The highest BCUT2D eigenvalue weighted by Gasteiger charge is 2.04. The summed E-state index contributed by atoms with van der Waals surface area (Å²) in [5, 5.41) is 0.487. The monoisotopic (exact) mass is 235 g/mol. The molecule has 0 saturated carbocycles. The molecule has 0 radical (unpaired) electrons. The number of aromatic nitrogens is 2. The Morgan fingerprint density at radius 2 is 2.06 bits per heavy atom. The lowest BCUT2D eigenvalue weighted by atomic mass is 10.2. The van der Waals surface area contributed by atoms with Crippen molar-refractivity contribution in [3.05, 3.63) is 24.3 Å². The molecule has 0 atom stereocenters. The van der Waals surface area contributed by atoms with Crippen molar-refractivity contribution in [3.63, 3.8) is 0 Å². The van der Waals surface area contributed by atoms with Crippen molar-refractivity contribution in [1.82, 2.24) is 9.36 Å². The van der Waals surface area contributed by atoms with Gasteiger partial charge in [-0.15, -0.1) is 0 Å². The molecule has 0 bridgehead atoms. The van der Waals surface area contributed by atoms with Crippen LogP contribution >= 0.6 is 11.5 Å². The number of nitrogens with two attached hydrogens (primary N) is 1. The molecular weight excluding hydrogens is 222 g/mol. The summed E-state index contributed by atoms with van der Waals surface area (Å²) in [4.78, 5) is 4.12. The topological polar surface area (TPSA) is 61.0 Å². The van der Waals surface area contributed by atoms with E-state index in [-0.39, 0.29) is 0 Å². The van der Waals surface area contributed by atoms with E-state index in [9.17, 15) is 0 Å². The molecule has 16 heavy (non-hydrogen) atoms. The Bertz CT molecular complexity index is 453. The average Bonchev–Trinajstić information content (AvgIpc) is 2.74. The van der Waals surface area contributed by atoms with Gasteiger partial charge in [0.2, 0.25) is 0 Å². The van der Waals surface area contributed by atoms with Crippen LogP contribution in [-0.2, 0) is 0 Å². The molecule has 0 spiro atoms. The van der Waals surface area contributed by atoms with Gasteiger partial charge in [-0.3, -0.25) is 0 Å². The van der Waals surface area contributed by atoms with Crippen LogP contribution in [0, 0.1) is 0 Å². The van der Waals surface area contributed by atoms with Crippen LogP contribution in [0.3, 0.4) is 0 Å². The number of hydrogen-bond acceptors (Lipinski definition) is 5. The molecule has 0 fully saturated rings. The van der Waals surface area contributed by atoms with E-state index in [0.717, 1.165) is 24.3 Å². The fraction of sp³-hybridized carbons (Fsp3) is 0.273. The van der Waals surface area contributed by atoms with Crippen LogP contribution in [0.4, 0.5) is 5.13 Å². The van der Waals surface area contributed by atoms with Crippen molar-refractivity contribution < 1.29 is 4.74 Å². The highest BCUT2D eigenvalue weighted by atomic mass is 32.1. The van der Waals surface area contributed by atoms with Gasteiger partial charge in [0.25, 0.3) is 0 Å². The summed E-state index contributed by atoms with van der Waals surface area (Å²) in [5.41, 5.74) is 6.49. The SMILES string of the molecule is CCCOc1ccc(-c2nsc(N)n2)cc1. The second-order valence-corrected chi connectivity index (χ2v) is 4.11. The molecule has 2 rings (SSSR count). The van der Waals surface area contributed by atoms with Gasteiger partial charge in [0.1, 0.15) is 5.75 Å². The molecule has 0 saturated heterocycles. The Labute approximate surface area is 98.3 Å². The predicted octanol–water partition coefficient (Wildman–Crippen LogP) is 2.58. The number of anilines is 1. The van der Waals surface area contributed by atoms with Crippen molar-refractivity contribution in [2.75, 3.05) is 12.3 Å². The summed E-state index contributed by atoms with van der Waals surface area (Å²) in [6, 6.07) is 7.71. The first-order chi connectivity index (χ1) is 7.79. The van der Waals surface area contributed by atoms with Crippen LogP contribution in [0.25, 0.3) is 11.4 Å². The second-order valence-electron chi connectivity index (χ2n) is 3.33. The molecule has 1 aromatic heterocycles. The molecule has 4 nitrogen and oxygen atoms in total. The minimum Gasteiger partial charge on any atom is -0.494 e. The lowest BCUT2D eigenvalue weighted by Gasteiger charge is -2.04. The Kier molecular flexibility index (Phi) is 3.36. The number of nitrogen functional groups attached to an aromatic ring is 1. The molecule has 1 heterocycles. The van der Waals surface area contributed by atoms with Gasteiger partial charge in [-0.25, -0.2) is 0 Å². The third-order valence-electron chi connectivity index (χ3n) is 2.03. The maximum atomic E-state index is 5.53. The third-order valence-corrected chi connectivity index (χ3v) is 2.57. The average molecular weight is 235 g/mol. The highest BCUT2D eigenvalue weighted by Crippen LogP contribution is 2.22. The first-order valence-electron chi connectivity index (χ1n) is 5.12. The number of nitrogens with zero attached hydrogens (tertiary/aromatic N) is 2. The molecular formula is C11H13N3OS. The largest absolute Gasteiger partial charge is 0.494 e. The zero-order chi connectivity index (χ0) is 11.4. The fourth-order valence-electron chi connectivity index (χ4n) is 1.27. The normalized spacial score (nSPS) is 10.3. The molecule has 5 heteroatoms. The zero-order valence-corrected chi connectivity index (χ0v) is 9.83.